The third-order valence-electron chi connectivity index (χ3n) is 3.03. The highest BCUT2D eigenvalue weighted by molar-refractivity contribution is 9.10. The lowest BCUT2D eigenvalue weighted by Gasteiger charge is -2.08. The molecule has 0 aliphatic heterocycles. The molecule has 0 aromatic heterocycles. The van der Waals surface area contributed by atoms with Gasteiger partial charge in [0.15, 0.2) is 0 Å². The van der Waals surface area contributed by atoms with Crippen LogP contribution in [-0.4, -0.2) is 13.1 Å². The van der Waals surface area contributed by atoms with Crippen molar-refractivity contribution in [2.24, 2.45) is 0 Å². The van der Waals surface area contributed by atoms with Crippen LogP contribution in [0.2, 0.25) is 0 Å². The van der Waals surface area contributed by atoms with E-state index in [4.69, 9.17) is 0 Å². The molecular weight excluding hydrogens is 337 g/mol. The quantitative estimate of drug-likeness (QED) is 0.835. The molecule has 0 saturated carbocycles. The van der Waals surface area contributed by atoms with Crippen LogP contribution in [-0.2, 0) is 17.8 Å². The first-order valence-corrected chi connectivity index (χ1v) is 7.21. The molecule has 2 aromatic carbocycles. The lowest BCUT2D eigenvalue weighted by molar-refractivity contribution is 0.0600. The summed E-state index contributed by atoms with van der Waals surface area (Å²) in [6, 6.07) is 11.8. The summed E-state index contributed by atoms with van der Waals surface area (Å²) in [7, 11) is 1.36. The molecular formula is C16H15BrFNO2. The van der Waals surface area contributed by atoms with Gasteiger partial charge in [-0.3, -0.25) is 0 Å². The lowest BCUT2D eigenvalue weighted by Crippen LogP contribution is -2.13. The van der Waals surface area contributed by atoms with Crippen LogP contribution in [0.5, 0.6) is 0 Å². The van der Waals surface area contributed by atoms with E-state index >= 15 is 0 Å². The zero-order valence-electron chi connectivity index (χ0n) is 11.5. The lowest BCUT2D eigenvalue weighted by atomic mass is 10.1. The molecule has 0 saturated heterocycles. The van der Waals surface area contributed by atoms with Crippen molar-refractivity contribution in [1.29, 1.82) is 0 Å². The molecule has 0 bridgehead atoms. The van der Waals surface area contributed by atoms with E-state index in [-0.39, 0.29) is 11.8 Å². The second kappa shape index (κ2) is 7.33. The minimum Gasteiger partial charge on any atom is -0.465 e. The topological polar surface area (TPSA) is 38.3 Å². The van der Waals surface area contributed by atoms with Gasteiger partial charge in [0.2, 0.25) is 0 Å². The summed E-state index contributed by atoms with van der Waals surface area (Å²) < 4.78 is 18.7. The van der Waals surface area contributed by atoms with Gasteiger partial charge in [-0.25, -0.2) is 9.18 Å². The van der Waals surface area contributed by atoms with Crippen LogP contribution in [0, 0.1) is 5.82 Å². The molecule has 3 nitrogen and oxygen atoms in total. The van der Waals surface area contributed by atoms with Gasteiger partial charge in [0, 0.05) is 17.6 Å². The third-order valence-corrected chi connectivity index (χ3v) is 3.80. The molecule has 0 heterocycles. The van der Waals surface area contributed by atoms with Crippen molar-refractivity contribution in [3.8, 4) is 0 Å². The van der Waals surface area contributed by atoms with E-state index in [1.807, 2.05) is 12.1 Å². The average molecular weight is 352 g/mol. The predicted molar refractivity (Wildman–Crippen MR) is 82.4 cm³/mol. The van der Waals surface area contributed by atoms with Crippen molar-refractivity contribution in [3.05, 3.63) is 69.4 Å². The number of ether oxygens (including phenoxy) is 1. The molecule has 2 rings (SSSR count). The molecule has 5 heteroatoms. The van der Waals surface area contributed by atoms with Crippen LogP contribution >= 0.6 is 15.9 Å². The highest BCUT2D eigenvalue weighted by atomic mass is 79.9. The fourth-order valence-corrected chi connectivity index (χ4v) is 2.28. The Kier molecular flexibility index (Phi) is 5.47. The second-order valence-electron chi connectivity index (χ2n) is 4.53. The van der Waals surface area contributed by atoms with Gasteiger partial charge in [0.25, 0.3) is 0 Å². The Morgan fingerprint density at radius 1 is 1.19 bits per heavy atom. The van der Waals surface area contributed by atoms with E-state index in [2.05, 4.69) is 26.0 Å². The molecule has 0 spiro atoms. The monoisotopic (exact) mass is 351 g/mol. The molecule has 0 amide bonds. The number of methoxy groups -OCH3 is 1. The van der Waals surface area contributed by atoms with E-state index in [0.29, 0.717) is 18.7 Å². The first-order valence-electron chi connectivity index (χ1n) is 6.42. The van der Waals surface area contributed by atoms with E-state index in [0.717, 1.165) is 15.6 Å². The van der Waals surface area contributed by atoms with Crippen molar-refractivity contribution in [2.75, 3.05) is 7.11 Å². The maximum atomic E-state index is 13.2. The van der Waals surface area contributed by atoms with Gasteiger partial charge in [0.1, 0.15) is 5.82 Å². The molecule has 0 atom stereocenters. The van der Waals surface area contributed by atoms with Crippen LogP contribution in [0.4, 0.5) is 4.39 Å². The fourth-order valence-electron chi connectivity index (χ4n) is 1.90. The number of esters is 1. The number of benzene rings is 2. The van der Waals surface area contributed by atoms with Gasteiger partial charge in [-0.15, -0.1) is 0 Å². The van der Waals surface area contributed by atoms with Crippen molar-refractivity contribution >= 4 is 21.9 Å². The summed E-state index contributed by atoms with van der Waals surface area (Å²) in [6.45, 7) is 1.18. The first-order chi connectivity index (χ1) is 10.1. The van der Waals surface area contributed by atoms with Gasteiger partial charge >= 0.3 is 5.97 Å². The molecule has 110 valence electrons. The van der Waals surface area contributed by atoms with Gasteiger partial charge < -0.3 is 10.1 Å². The normalized spacial score (nSPS) is 10.4. The SMILES string of the molecule is COC(=O)c1ccc(CNCc2cc(F)ccc2Br)cc1. The van der Waals surface area contributed by atoms with Crippen LogP contribution < -0.4 is 5.32 Å². The first kappa shape index (κ1) is 15.7. The average Bonchev–Trinajstić information content (AvgIpc) is 2.50. The summed E-state index contributed by atoms with van der Waals surface area (Å²) in [5.41, 5.74) is 2.42. The Morgan fingerprint density at radius 3 is 2.57 bits per heavy atom. The molecule has 0 unspecified atom stereocenters. The minimum absolute atomic E-state index is 0.252. The third kappa shape index (κ3) is 4.37. The van der Waals surface area contributed by atoms with Gasteiger partial charge in [-0.05, 0) is 41.5 Å². The molecule has 0 fully saturated rings. The Bertz CT molecular complexity index is 629. The second-order valence-corrected chi connectivity index (χ2v) is 5.38. The maximum Gasteiger partial charge on any atom is 0.337 e. The van der Waals surface area contributed by atoms with Gasteiger partial charge in [0.05, 0.1) is 12.7 Å². The predicted octanol–water partition coefficient (Wildman–Crippen LogP) is 3.66. The fraction of sp³-hybridized carbons (Fsp3) is 0.188. The molecule has 2 aromatic rings. The number of carbonyl (C=O) groups is 1. The van der Waals surface area contributed by atoms with Crippen LogP contribution in [0.3, 0.4) is 0 Å². The van der Waals surface area contributed by atoms with Crippen molar-refractivity contribution in [2.45, 2.75) is 13.1 Å². The zero-order chi connectivity index (χ0) is 15.2. The number of hydrogen-bond acceptors (Lipinski definition) is 3. The van der Waals surface area contributed by atoms with E-state index in [9.17, 15) is 9.18 Å². The molecule has 0 aliphatic rings. The zero-order valence-corrected chi connectivity index (χ0v) is 13.1. The van der Waals surface area contributed by atoms with E-state index < -0.39 is 0 Å². The molecule has 21 heavy (non-hydrogen) atoms. The number of halogens is 2. The summed E-state index contributed by atoms with van der Waals surface area (Å²) in [5.74, 6) is -0.601. The molecule has 0 aliphatic carbocycles. The van der Waals surface area contributed by atoms with E-state index in [1.165, 1.54) is 19.2 Å². The minimum atomic E-state index is -0.349. The Hall–Kier alpha value is -1.72. The van der Waals surface area contributed by atoms with Crippen LogP contribution in [0.1, 0.15) is 21.5 Å². The van der Waals surface area contributed by atoms with Crippen LogP contribution in [0.25, 0.3) is 0 Å². The standard InChI is InChI=1S/C16H15BrFNO2/c1-21-16(20)12-4-2-11(3-5-12)9-19-10-13-8-14(18)6-7-15(13)17/h2-8,19H,9-10H2,1H3. The Balaban J connectivity index is 1.91. The Labute approximate surface area is 131 Å². The molecule has 0 radical (unpaired) electrons. The summed E-state index contributed by atoms with van der Waals surface area (Å²) in [4.78, 5) is 11.3. The van der Waals surface area contributed by atoms with Crippen molar-refractivity contribution < 1.29 is 13.9 Å². The smallest absolute Gasteiger partial charge is 0.337 e. The molecule has 1 N–H and O–H groups in total. The van der Waals surface area contributed by atoms with E-state index in [1.54, 1.807) is 18.2 Å². The number of nitrogens with one attached hydrogen (secondary N) is 1. The largest absolute Gasteiger partial charge is 0.465 e. The summed E-state index contributed by atoms with van der Waals surface area (Å²) >= 11 is 3.39. The van der Waals surface area contributed by atoms with Gasteiger partial charge in [-0.1, -0.05) is 28.1 Å². The number of hydrogen-bond donors (Lipinski definition) is 1. The summed E-state index contributed by atoms with van der Waals surface area (Å²) in [6.07, 6.45) is 0. The van der Waals surface area contributed by atoms with Crippen molar-refractivity contribution in [1.82, 2.24) is 5.32 Å². The summed E-state index contributed by atoms with van der Waals surface area (Å²) in [5, 5.41) is 3.24. The number of carbonyl (C=O) groups excluding carboxylic acids is 1. The van der Waals surface area contributed by atoms with Gasteiger partial charge in [-0.2, -0.15) is 0 Å². The Morgan fingerprint density at radius 2 is 1.90 bits per heavy atom. The van der Waals surface area contributed by atoms with Crippen LogP contribution in [0.15, 0.2) is 46.9 Å². The maximum absolute atomic E-state index is 13.2. The highest BCUT2D eigenvalue weighted by Gasteiger charge is 2.05. The highest BCUT2D eigenvalue weighted by Crippen LogP contribution is 2.17. The number of rotatable bonds is 5. The van der Waals surface area contributed by atoms with Crippen molar-refractivity contribution in [3.63, 3.8) is 0 Å².